The molecule has 0 aromatic rings. The fourth-order valence-electron chi connectivity index (χ4n) is 1.31. The van der Waals surface area contributed by atoms with E-state index < -0.39 is 15.5 Å². The van der Waals surface area contributed by atoms with Crippen LogP contribution in [0.3, 0.4) is 0 Å². The summed E-state index contributed by atoms with van der Waals surface area (Å²) in [6, 6.07) is 0. The lowest BCUT2D eigenvalue weighted by atomic mass is 10.9. The lowest BCUT2D eigenvalue weighted by Crippen LogP contribution is -2.49. The van der Waals surface area contributed by atoms with Crippen LogP contribution in [0.15, 0.2) is 0 Å². The molecule has 0 radical (unpaired) electrons. The average molecular weight is 355 g/mol. The number of rotatable bonds is 10. The number of hydrogen-bond donors (Lipinski definition) is 2. The molecule has 0 fully saturated rings. The molecular weight excluding hydrogens is 333 g/mol. The highest BCUT2D eigenvalue weighted by Crippen LogP contribution is 2.77. The van der Waals surface area contributed by atoms with Crippen LogP contribution in [0.4, 0.5) is 0 Å². The van der Waals surface area contributed by atoms with Gasteiger partial charge in [0.05, 0.1) is 0 Å². The van der Waals surface area contributed by atoms with Gasteiger partial charge in [-0.3, -0.25) is 0 Å². The second-order valence-corrected chi connectivity index (χ2v) is 19.8. The van der Waals surface area contributed by atoms with Crippen LogP contribution in [0.2, 0.25) is 0 Å². The molecule has 0 unspecified atom stereocenters. The Kier molecular flexibility index (Phi) is 10.8. The van der Waals surface area contributed by atoms with Gasteiger partial charge in [-0.15, -0.1) is 23.3 Å². The molecule has 106 valence electrons. The summed E-state index contributed by atoms with van der Waals surface area (Å²) < 4.78 is 17.8. The van der Waals surface area contributed by atoms with Gasteiger partial charge in [0.1, 0.15) is 0 Å². The summed E-state index contributed by atoms with van der Waals surface area (Å²) in [5.74, 6) is 0.904. The molecule has 3 nitrogen and oxygen atoms in total. The summed E-state index contributed by atoms with van der Waals surface area (Å²) in [6.07, 6.45) is 0. The van der Waals surface area contributed by atoms with Crippen molar-refractivity contribution in [1.29, 1.82) is 0 Å². The Balaban J connectivity index is 5.31. The Morgan fingerprint density at radius 1 is 0.882 bits per heavy atom. The maximum Gasteiger partial charge on any atom is 0.576 e. The Labute approximate surface area is 124 Å². The summed E-state index contributed by atoms with van der Waals surface area (Å²) in [4.78, 5) is 0. The molecule has 0 aromatic heterocycles. The van der Waals surface area contributed by atoms with Crippen molar-refractivity contribution in [3.63, 3.8) is 0 Å². The van der Waals surface area contributed by atoms with E-state index in [9.17, 15) is 0 Å². The molecule has 9 heteroatoms. The van der Waals surface area contributed by atoms with Gasteiger partial charge in [-0.1, -0.05) is 14.5 Å². The minimum absolute atomic E-state index is 0.587. The maximum absolute atomic E-state index is 5.94. The predicted octanol–water partition coefficient (Wildman–Crippen LogP) is 4.34. The largest absolute Gasteiger partial charge is 0.576 e. The molecule has 0 rings (SSSR count). The molecule has 0 N–H and O–H groups in total. The van der Waals surface area contributed by atoms with Crippen LogP contribution in [0.1, 0.15) is 27.7 Å². The highest BCUT2D eigenvalue weighted by atomic mass is 33.9. The second kappa shape index (κ2) is 9.70. The van der Waals surface area contributed by atoms with E-state index in [0.29, 0.717) is 19.8 Å². The van der Waals surface area contributed by atoms with E-state index in [-0.39, 0.29) is 0 Å². The molecule has 17 heavy (non-hydrogen) atoms. The van der Waals surface area contributed by atoms with E-state index >= 15 is 0 Å². The zero-order chi connectivity index (χ0) is 13.4. The molecule has 0 aliphatic carbocycles. The quantitative estimate of drug-likeness (QED) is 0.346. The molecule has 0 saturated carbocycles. The standard InChI is InChI=1S/C8H22O3S5Si/c1-5-9-17(10-6-2,11-7-3)16(8-4,14-12)15-13/h12-13H,5-8H2,1-4H3. The molecule has 0 spiro atoms. The third kappa shape index (κ3) is 4.42. The molecule has 0 aromatic carbocycles. The minimum atomic E-state index is -2.72. The molecule has 0 atom stereocenters. The fraction of sp³-hybridized carbons (Fsp3) is 1.00. The SMILES string of the molecule is CCO[Si](OCC)(OCC)S(CC)(SS)SS. The first-order chi connectivity index (χ1) is 8.11. The zero-order valence-electron chi connectivity index (χ0n) is 10.7. The topological polar surface area (TPSA) is 27.7 Å². The van der Waals surface area contributed by atoms with E-state index in [4.69, 9.17) is 13.3 Å². The first kappa shape index (κ1) is 18.8. The summed E-state index contributed by atoms with van der Waals surface area (Å²) in [6.45, 7) is 9.77. The van der Waals surface area contributed by atoms with Crippen molar-refractivity contribution < 1.29 is 13.3 Å². The summed E-state index contributed by atoms with van der Waals surface area (Å²) in [5.41, 5.74) is 0. The monoisotopic (exact) mass is 354 g/mol. The molecule has 0 heterocycles. The predicted molar refractivity (Wildman–Crippen MR) is 91.9 cm³/mol. The van der Waals surface area contributed by atoms with Gasteiger partial charge in [0.15, 0.2) is 0 Å². The van der Waals surface area contributed by atoms with Gasteiger partial charge >= 0.3 is 7.95 Å². The fourth-order valence-corrected chi connectivity index (χ4v) is 23.2. The number of hydrogen-bond acceptors (Lipinski definition) is 7. The van der Waals surface area contributed by atoms with Crippen molar-refractivity contribution in [2.75, 3.05) is 25.6 Å². The number of thiol groups is 2. The van der Waals surface area contributed by atoms with E-state index in [1.54, 1.807) is 0 Å². The van der Waals surface area contributed by atoms with Crippen molar-refractivity contribution in [2.45, 2.75) is 27.7 Å². The molecule has 0 saturated heterocycles. The Morgan fingerprint density at radius 3 is 1.41 bits per heavy atom. The Morgan fingerprint density at radius 2 is 1.24 bits per heavy atom. The van der Waals surface area contributed by atoms with Gasteiger partial charge in [0.25, 0.3) is 0 Å². The van der Waals surface area contributed by atoms with Gasteiger partial charge in [-0.2, -0.15) is 0 Å². The lowest BCUT2D eigenvalue weighted by Gasteiger charge is -2.44. The van der Waals surface area contributed by atoms with E-state index in [2.05, 4.69) is 30.2 Å². The highest BCUT2D eigenvalue weighted by molar-refractivity contribution is 9.50. The van der Waals surface area contributed by atoms with Crippen LogP contribution >= 0.6 is 50.5 Å². The van der Waals surface area contributed by atoms with Crippen LogP contribution < -0.4 is 0 Å². The van der Waals surface area contributed by atoms with Gasteiger partial charge in [-0.25, -0.2) is 0 Å². The van der Waals surface area contributed by atoms with Crippen LogP contribution in [0, 0.1) is 0 Å². The average Bonchev–Trinajstić information content (AvgIpc) is 2.33. The summed E-state index contributed by atoms with van der Waals surface area (Å²) in [5, 5.41) is 0. The van der Waals surface area contributed by atoms with Gasteiger partial charge in [0.2, 0.25) is 0 Å². The maximum atomic E-state index is 5.94. The van der Waals surface area contributed by atoms with Crippen LogP contribution in [0.5, 0.6) is 0 Å². The first-order valence-corrected chi connectivity index (χ1v) is 14.5. The van der Waals surface area contributed by atoms with Crippen molar-refractivity contribution in [2.24, 2.45) is 0 Å². The molecular formula is C8H22O3S5Si. The first-order valence-electron chi connectivity index (χ1n) is 5.50. The van der Waals surface area contributed by atoms with Crippen molar-refractivity contribution >= 4 is 58.5 Å². The van der Waals surface area contributed by atoms with Crippen molar-refractivity contribution in [3.8, 4) is 0 Å². The molecule has 0 aliphatic rings. The van der Waals surface area contributed by atoms with Crippen LogP contribution in [-0.2, 0) is 13.3 Å². The van der Waals surface area contributed by atoms with E-state index in [1.165, 1.54) is 19.7 Å². The van der Waals surface area contributed by atoms with Gasteiger partial charge in [0, 0.05) is 19.8 Å². The highest BCUT2D eigenvalue weighted by Gasteiger charge is 2.58. The lowest BCUT2D eigenvalue weighted by molar-refractivity contribution is 0.0962. The van der Waals surface area contributed by atoms with Gasteiger partial charge in [-0.05, 0) is 46.2 Å². The van der Waals surface area contributed by atoms with Crippen molar-refractivity contribution in [3.05, 3.63) is 0 Å². The smallest absolute Gasteiger partial charge is 0.366 e. The molecule has 0 bridgehead atoms. The molecule has 0 amide bonds. The van der Waals surface area contributed by atoms with Crippen LogP contribution in [-0.4, -0.2) is 33.5 Å². The van der Waals surface area contributed by atoms with Crippen LogP contribution in [0.25, 0.3) is 0 Å². The normalized spacial score (nSPS) is 14.0. The third-order valence-electron chi connectivity index (χ3n) is 1.97. The van der Waals surface area contributed by atoms with Crippen molar-refractivity contribution in [1.82, 2.24) is 0 Å². The summed E-state index contributed by atoms with van der Waals surface area (Å²) in [7, 11) is -1.09. The minimum Gasteiger partial charge on any atom is -0.366 e. The Bertz CT molecular complexity index is 180. The zero-order valence-corrected chi connectivity index (χ0v) is 15.9. The van der Waals surface area contributed by atoms with E-state index in [1.807, 2.05) is 20.8 Å². The van der Waals surface area contributed by atoms with Gasteiger partial charge < -0.3 is 13.3 Å². The second-order valence-electron chi connectivity index (χ2n) is 2.85. The summed E-state index contributed by atoms with van der Waals surface area (Å²) >= 11 is 8.82. The third-order valence-corrected chi connectivity index (χ3v) is 28.3. The van der Waals surface area contributed by atoms with E-state index in [0.717, 1.165) is 5.75 Å². The molecule has 0 aliphatic heterocycles. The Hall–Kier alpha value is 1.85.